The van der Waals surface area contributed by atoms with Crippen molar-refractivity contribution in [2.45, 2.75) is 30.6 Å². The van der Waals surface area contributed by atoms with Crippen LogP contribution >= 0.6 is 0 Å². The molecule has 0 saturated carbocycles. The van der Waals surface area contributed by atoms with Crippen LogP contribution in [0.3, 0.4) is 0 Å². The molecule has 3 aromatic carbocycles. The van der Waals surface area contributed by atoms with Gasteiger partial charge in [-0.2, -0.15) is 0 Å². The number of fused-ring (bicyclic) bond motifs is 1. The topological polar surface area (TPSA) is 57.7 Å². The number of benzene rings is 3. The van der Waals surface area contributed by atoms with Gasteiger partial charge in [-0.25, -0.2) is 8.42 Å². The number of carbonyl (C=O) groups excluding carboxylic acids is 1. The fourth-order valence-corrected chi connectivity index (χ4v) is 6.25. The first-order valence-electron chi connectivity index (χ1n) is 10.00. The van der Waals surface area contributed by atoms with Crippen LogP contribution in [0, 0.1) is 0 Å². The van der Waals surface area contributed by atoms with Crippen LogP contribution in [0.25, 0.3) is 10.8 Å². The van der Waals surface area contributed by atoms with Crippen molar-refractivity contribution in [3.63, 3.8) is 0 Å². The van der Waals surface area contributed by atoms with Gasteiger partial charge in [-0.15, -0.1) is 0 Å². The van der Waals surface area contributed by atoms with Crippen molar-refractivity contribution in [2.24, 2.45) is 0 Å². The lowest BCUT2D eigenvalue weighted by atomic mass is 10.0. The maximum atomic E-state index is 13.0. The third-order valence-electron chi connectivity index (χ3n) is 5.84. The van der Waals surface area contributed by atoms with E-state index in [4.69, 9.17) is 0 Å². The molecule has 2 heterocycles. The minimum absolute atomic E-state index is 0.0597. The van der Waals surface area contributed by atoms with E-state index in [9.17, 15) is 13.2 Å². The highest BCUT2D eigenvalue weighted by Crippen LogP contribution is 2.42. The van der Waals surface area contributed by atoms with E-state index in [1.54, 1.807) is 12.1 Å². The quantitative estimate of drug-likeness (QED) is 0.655. The zero-order chi connectivity index (χ0) is 20.0. The van der Waals surface area contributed by atoms with Crippen LogP contribution in [0.2, 0.25) is 0 Å². The van der Waals surface area contributed by atoms with E-state index in [1.807, 2.05) is 47.4 Å². The summed E-state index contributed by atoms with van der Waals surface area (Å²) in [5, 5.41) is 1.71. The zero-order valence-electron chi connectivity index (χ0n) is 16.0. The van der Waals surface area contributed by atoms with Gasteiger partial charge in [0, 0.05) is 30.6 Å². The Morgan fingerprint density at radius 3 is 2.55 bits per heavy atom. The number of hydrogen-bond acceptors (Lipinski definition) is 3. The van der Waals surface area contributed by atoms with E-state index < -0.39 is 10.0 Å². The molecule has 0 saturated heterocycles. The van der Waals surface area contributed by atoms with Crippen molar-refractivity contribution in [1.29, 1.82) is 0 Å². The predicted octanol–water partition coefficient (Wildman–Crippen LogP) is 4.11. The predicted molar refractivity (Wildman–Crippen MR) is 115 cm³/mol. The van der Waals surface area contributed by atoms with Crippen LogP contribution in [-0.4, -0.2) is 27.4 Å². The first-order chi connectivity index (χ1) is 14.1. The summed E-state index contributed by atoms with van der Waals surface area (Å²) >= 11 is 0. The van der Waals surface area contributed by atoms with E-state index in [2.05, 4.69) is 6.07 Å². The summed E-state index contributed by atoms with van der Waals surface area (Å²) in [6, 6.07) is 19.1. The summed E-state index contributed by atoms with van der Waals surface area (Å²) in [7, 11) is -3.56. The molecule has 2 aliphatic rings. The molecule has 148 valence electrons. The average Bonchev–Trinajstić information content (AvgIpc) is 2.96. The number of carbonyl (C=O) groups is 1. The summed E-state index contributed by atoms with van der Waals surface area (Å²) in [6.07, 6.45) is 2.77. The normalized spacial score (nSPS) is 16.8. The second-order valence-corrected chi connectivity index (χ2v) is 9.42. The van der Waals surface area contributed by atoms with Crippen LogP contribution in [-0.2, 0) is 21.2 Å². The summed E-state index contributed by atoms with van der Waals surface area (Å²) in [5.74, 6) is 0.0597. The molecule has 3 aromatic rings. The van der Waals surface area contributed by atoms with Gasteiger partial charge in [0.05, 0.1) is 10.6 Å². The number of amides is 1. The molecule has 1 amide bonds. The number of aryl methyl sites for hydroxylation is 1. The van der Waals surface area contributed by atoms with Gasteiger partial charge in [0.15, 0.2) is 0 Å². The SMILES string of the molecule is O=C(CCCN1c2cccc3cccc(c23)S1(=O)=O)N1CCCc2ccccc21. The number of nitrogens with zero attached hydrogens (tertiary/aromatic N) is 2. The van der Waals surface area contributed by atoms with E-state index in [0.717, 1.165) is 35.8 Å². The van der Waals surface area contributed by atoms with Crippen LogP contribution < -0.4 is 9.21 Å². The second-order valence-electron chi connectivity index (χ2n) is 7.59. The molecule has 0 aliphatic carbocycles. The maximum absolute atomic E-state index is 13.0. The third-order valence-corrected chi connectivity index (χ3v) is 7.70. The number of sulfonamides is 1. The summed E-state index contributed by atoms with van der Waals surface area (Å²) in [4.78, 5) is 15.1. The third kappa shape index (κ3) is 2.90. The molecule has 0 atom stereocenters. The molecule has 0 unspecified atom stereocenters. The van der Waals surface area contributed by atoms with E-state index in [-0.39, 0.29) is 5.91 Å². The molecule has 0 spiro atoms. The van der Waals surface area contributed by atoms with Crippen LogP contribution in [0.15, 0.2) is 65.6 Å². The lowest BCUT2D eigenvalue weighted by molar-refractivity contribution is -0.118. The van der Waals surface area contributed by atoms with Crippen molar-refractivity contribution in [2.75, 3.05) is 22.3 Å². The molecule has 0 N–H and O–H groups in total. The summed E-state index contributed by atoms with van der Waals surface area (Å²) in [6.45, 7) is 1.03. The molecule has 6 heteroatoms. The van der Waals surface area contributed by atoms with Gasteiger partial charge in [0.1, 0.15) is 0 Å². The number of anilines is 2. The van der Waals surface area contributed by atoms with Crippen LogP contribution in [0.5, 0.6) is 0 Å². The molecule has 5 nitrogen and oxygen atoms in total. The van der Waals surface area contributed by atoms with Crippen molar-refractivity contribution < 1.29 is 13.2 Å². The Balaban J connectivity index is 1.33. The monoisotopic (exact) mass is 406 g/mol. The molecular formula is C23H22N2O3S. The highest BCUT2D eigenvalue weighted by atomic mass is 32.2. The molecular weight excluding hydrogens is 384 g/mol. The molecule has 0 aromatic heterocycles. The van der Waals surface area contributed by atoms with Gasteiger partial charge in [-0.1, -0.05) is 42.5 Å². The first-order valence-corrected chi connectivity index (χ1v) is 11.4. The van der Waals surface area contributed by atoms with Gasteiger partial charge in [0.25, 0.3) is 10.0 Å². The van der Waals surface area contributed by atoms with Gasteiger partial charge >= 0.3 is 0 Å². The fraction of sp³-hybridized carbons (Fsp3) is 0.261. The highest BCUT2D eigenvalue weighted by Gasteiger charge is 2.35. The number of rotatable bonds is 4. The lowest BCUT2D eigenvalue weighted by Crippen LogP contribution is -2.36. The number of hydrogen-bond donors (Lipinski definition) is 0. The Labute approximate surface area is 170 Å². The Morgan fingerprint density at radius 1 is 0.931 bits per heavy atom. The molecule has 2 aliphatic heterocycles. The Bertz CT molecular complexity index is 1210. The highest BCUT2D eigenvalue weighted by molar-refractivity contribution is 7.93. The molecule has 0 bridgehead atoms. The maximum Gasteiger partial charge on any atom is 0.265 e. The van der Waals surface area contributed by atoms with E-state index in [1.165, 1.54) is 9.87 Å². The number of para-hydroxylation sites is 1. The summed E-state index contributed by atoms with van der Waals surface area (Å²) < 4.78 is 27.5. The van der Waals surface area contributed by atoms with Gasteiger partial charge in [-0.05, 0) is 48.4 Å². The minimum Gasteiger partial charge on any atom is -0.312 e. The lowest BCUT2D eigenvalue weighted by Gasteiger charge is -2.29. The van der Waals surface area contributed by atoms with Gasteiger partial charge < -0.3 is 4.90 Å². The zero-order valence-corrected chi connectivity index (χ0v) is 16.9. The molecule has 5 rings (SSSR count). The van der Waals surface area contributed by atoms with Crippen molar-refractivity contribution in [1.82, 2.24) is 0 Å². The van der Waals surface area contributed by atoms with E-state index >= 15 is 0 Å². The largest absolute Gasteiger partial charge is 0.312 e. The van der Waals surface area contributed by atoms with Crippen molar-refractivity contribution in [3.05, 3.63) is 66.2 Å². The van der Waals surface area contributed by atoms with Crippen LogP contribution in [0.1, 0.15) is 24.8 Å². The smallest absolute Gasteiger partial charge is 0.265 e. The Hall–Kier alpha value is -2.86. The Morgan fingerprint density at radius 2 is 1.69 bits per heavy atom. The molecule has 0 radical (unpaired) electrons. The average molecular weight is 407 g/mol. The second kappa shape index (κ2) is 6.88. The van der Waals surface area contributed by atoms with Crippen molar-refractivity contribution in [3.8, 4) is 0 Å². The first kappa shape index (κ1) is 18.2. The van der Waals surface area contributed by atoms with Gasteiger partial charge in [-0.3, -0.25) is 9.10 Å². The molecule has 0 fully saturated rings. The van der Waals surface area contributed by atoms with Gasteiger partial charge in [0.2, 0.25) is 5.91 Å². The Kier molecular flexibility index (Phi) is 4.32. The van der Waals surface area contributed by atoms with E-state index in [0.29, 0.717) is 30.0 Å². The standard InChI is InChI=1S/C23H22N2O3S/c26-22(24-15-5-10-17-7-1-2-11-19(17)24)14-6-16-25-20-12-3-8-18-9-4-13-21(23(18)20)29(25,27)28/h1-4,7-9,11-13H,5-6,10,14-16H2. The van der Waals surface area contributed by atoms with Crippen LogP contribution in [0.4, 0.5) is 11.4 Å². The minimum atomic E-state index is -3.56. The molecule has 29 heavy (non-hydrogen) atoms. The van der Waals surface area contributed by atoms with Crippen molar-refractivity contribution >= 4 is 38.1 Å². The fourth-order valence-electron chi connectivity index (χ4n) is 4.50. The summed E-state index contributed by atoms with van der Waals surface area (Å²) in [5.41, 5.74) is 2.92.